The minimum atomic E-state index is -4.77. The Balaban J connectivity index is 1.57. The van der Waals surface area contributed by atoms with Crippen molar-refractivity contribution in [2.45, 2.75) is 173 Å². The molecule has 7 atom stereocenters. The normalized spacial score (nSPS) is 25.0. The van der Waals surface area contributed by atoms with Crippen LogP contribution in [0.2, 0.25) is 5.02 Å². The molecule has 2 aromatic carbocycles. The molecule has 2 saturated carbocycles. The van der Waals surface area contributed by atoms with Crippen LogP contribution in [-0.4, -0.2) is 229 Å². The number of benzene rings is 2. The zero-order valence-electron chi connectivity index (χ0n) is 55.4. The maximum Gasteiger partial charge on any atom is 0.417 e. The van der Waals surface area contributed by atoms with Crippen LogP contribution in [0.15, 0.2) is 48.5 Å². The zero-order chi connectivity index (χ0) is 68.1. The second kappa shape index (κ2) is 32.3. The van der Waals surface area contributed by atoms with Crippen LogP contribution in [0.1, 0.15) is 130 Å². The molecule has 91 heavy (non-hydrogen) atoms. The van der Waals surface area contributed by atoms with Gasteiger partial charge in [0.15, 0.2) is 0 Å². The van der Waals surface area contributed by atoms with Crippen molar-refractivity contribution in [1.82, 2.24) is 49.8 Å². The molecule has 0 spiro atoms. The summed E-state index contributed by atoms with van der Waals surface area (Å²) in [4.78, 5) is 170. The highest BCUT2D eigenvalue weighted by Gasteiger charge is 2.47. The standard InChI is InChI=1S/C65H95ClF3N11O11/c1-15-40(2)56-61(89)74(9)37-53(83)72(7)38-54(84)77(12)50(35-43-23-18-16-19-24-43)60(88)73(8)36-51(81)70-49(32-30-44-29-31-47(48(66)34-44)65(67,68)69)59(87)80(46-27-20-17-21-28-46)39-55(85)79(14)64(5,6)63(91)78(13)57(45-25-22-26-45)62(90)75(10)41(3)33-52(82)76(11)42(4)58(86)71-56/h17,20-21,27-29,31,34,40-43,45,49-50,56-57H,15-16,18-19,22-26,30,32-33,35-39H2,1-14H3,(H,70,81)(H,71,86)/t40?,41-,42+,49+,50+,56+,57+/m1/s1. The first kappa shape index (κ1) is 74.4. The second-order valence-electron chi connectivity index (χ2n) is 25.7. The van der Waals surface area contributed by atoms with E-state index < -0.39 is 156 Å². The lowest BCUT2D eigenvalue weighted by atomic mass is 9.78. The Hall–Kier alpha value is -7.31. The number of hydrogen-bond acceptors (Lipinski definition) is 11. The quantitative estimate of drug-likeness (QED) is 0.319. The molecule has 2 N–H and O–H groups in total. The molecule has 3 aliphatic rings. The van der Waals surface area contributed by atoms with Crippen molar-refractivity contribution in [2.24, 2.45) is 17.8 Å². The van der Waals surface area contributed by atoms with E-state index in [2.05, 4.69) is 10.6 Å². The first-order valence-corrected chi connectivity index (χ1v) is 31.8. The first-order chi connectivity index (χ1) is 42.5. The topological polar surface area (TPSA) is 241 Å². The number of likely N-dealkylation sites (N-methyl/N-ethyl adjacent to an activating group) is 8. The van der Waals surface area contributed by atoms with Gasteiger partial charge in [-0.1, -0.05) is 94.7 Å². The predicted molar refractivity (Wildman–Crippen MR) is 337 cm³/mol. The van der Waals surface area contributed by atoms with E-state index in [-0.39, 0.29) is 48.8 Å². The number of amides is 11. The third-order valence-electron chi connectivity index (χ3n) is 19.0. The molecule has 0 bridgehead atoms. The van der Waals surface area contributed by atoms with Gasteiger partial charge in [-0.25, -0.2) is 0 Å². The Morgan fingerprint density at radius 2 is 1.24 bits per heavy atom. The van der Waals surface area contributed by atoms with E-state index in [1.165, 1.54) is 103 Å². The molecular weight excluding hydrogens is 1200 g/mol. The Morgan fingerprint density at radius 3 is 1.81 bits per heavy atom. The molecule has 5 rings (SSSR count). The number of anilines is 1. The predicted octanol–water partition coefficient (Wildman–Crippen LogP) is 5.47. The van der Waals surface area contributed by atoms with Crippen molar-refractivity contribution in [3.63, 3.8) is 0 Å². The number of nitrogens with one attached hydrogen (secondary N) is 2. The molecule has 1 aliphatic heterocycles. The second-order valence-corrected chi connectivity index (χ2v) is 26.2. The summed E-state index contributed by atoms with van der Waals surface area (Å²) in [6.07, 6.45) is 1.59. The molecule has 0 radical (unpaired) electrons. The summed E-state index contributed by atoms with van der Waals surface area (Å²) in [5.41, 5.74) is -2.30. The fourth-order valence-electron chi connectivity index (χ4n) is 11.8. The third kappa shape index (κ3) is 18.9. The molecule has 22 nitrogen and oxygen atoms in total. The van der Waals surface area contributed by atoms with Gasteiger partial charge in [-0.05, 0) is 107 Å². The molecule has 504 valence electrons. The van der Waals surface area contributed by atoms with Crippen molar-refractivity contribution in [1.29, 1.82) is 0 Å². The molecular formula is C65H95ClF3N11O11. The van der Waals surface area contributed by atoms with Crippen LogP contribution in [-0.2, 0) is 65.3 Å². The minimum absolute atomic E-state index is 0.0167. The fourth-order valence-corrected chi connectivity index (χ4v) is 12.1. The number of halogens is 4. The van der Waals surface area contributed by atoms with Gasteiger partial charge in [0.2, 0.25) is 65.0 Å². The monoisotopic (exact) mass is 1300 g/mol. The van der Waals surface area contributed by atoms with Crippen LogP contribution in [0.5, 0.6) is 0 Å². The van der Waals surface area contributed by atoms with Crippen LogP contribution < -0.4 is 15.5 Å². The summed E-state index contributed by atoms with van der Waals surface area (Å²) < 4.78 is 41.5. The van der Waals surface area contributed by atoms with Crippen molar-refractivity contribution in [2.75, 3.05) is 87.5 Å². The van der Waals surface area contributed by atoms with E-state index in [0.29, 0.717) is 19.3 Å². The Kier molecular flexibility index (Phi) is 26.4. The molecule has 3 fully saturated rings. The molecule has 2 aliphatic carbocycles. The largest absolute Gasteiger partial charge is 0.417 e. The van der Waals surface area contributed by atoms with Crippen molar-refractivity contribution < 1.29 is 65.9 Å². The molecule has 11 amide bonds. The van der Waals surface area contributed by atoms with E-state index in [4.69, 9.17) is 11.6 Å². The van der Waals surface area contributed by atoms with Crippen LogP contribution in [0.25, 0.3) is 0 Å². The summed E-state index contributed by atoms with van der Waals surface area (Å²) in [5, 5.41) is 4.92. The van der Waals surface area contributed by atoms with Gasteiger partial charge >= 0.3 is 6.18 Å². The minimum Gasteiger partial charge on any atom is -0.343 e. The molecule has 2 aromatic rings. The summed E-state index contributed by atoms with van der Waals surface area (Å²) >= 11 is 6.13. The number of aryl methyl sites for hydroxylation is 1. The van der Waals surface area contributed by atoms with Crippen LogP contribution >= 0.6 is 11.6 Å². The van der Waals surface area contributed by atoms with E-state index in [0.717, 1.165) is 75.2 Å². The van der Waals surface area contributed by atoms with Crippen LogP contribution in [0.4, 0.5) is 18.9 Å². The van der Waals surface area contributed by atoms with Gasteiger partial charge in [-0.2, -0.15) is 13.2 Å². The lowest BCUT2D eigenvalue weighted by molar-refractivity contribution is -0.157. The van der Waals surface area contributed by atoms with Gasteiger partial charge < -0.3 is 54.7 Å². The summed E-state index contributed by atoms with van der Waals surface area (Å²) in [5.74, 6) is -7.92. The van der Waals surface area contributed by atoms with Crippen LogP contribution in [0, 0.1) is 17.8 Å². The highest BCUT2D eigenvalue weighted by atomic mass is 35.5. The number of carbonyl (C=O) groups is 11. The molecule has 26 heteroatoms. The number of alkyl halides is 3. The summed E-state index contributed by atoms with van der Waals surface area (Å²) in [7, 11) is 11.3. The Morgan fingerprint density at radius 1 is 0.637 bits per heavy atom. The van der Waals surface area contributed by atoms with E-state index in [1.54, 1.807) is 44.2 Å². The zero-order valence-corrected chi connectivity index (χ0v) is 56.1. The maximum absolute atomic E-state index is 15.3. The molecule has 1 saturated heterocycles. The first-order valence-electron chi connectivity index (χ1n) is 31.4. The number of para-hydroxylation sites is 1. The van der Waals surface area contributed by atoms with Crippen molar-refractivity contribution in [3.8, 4) is 0 Å². The van der Waals surface area contributed by atoms with Gasteiger partial charge in [0, 0.05) is 74.5 Å². The van der Waals surface area contributed by atoms with Crippen molar-refractivity contribution in [3.05, 3.63) is 64.7 Å². The van der Waals surface area contributed by atoms with E-state index in [9.17, 15) is 61.1 Å². The fraction of sp³-hybridized carbons (Fsp3) is 0.646. The third-order valence-corrected chi connectivity index (χ3v) is 19.3. The maximum atomic E-state index is 15.3. The van der Waals surface area contributed by atoms with Gasteiger partial charge in [0.05, 0.1) is 30.2 Å². The Labute approximate surface area is 538 Å². The summed E-state index contributed by atoms with van der Waals surface area (Å²) in [6.45, 7) is 7.35. The average molecular weight is 1300 g/mol. The van der Waals surface area contributed by atoms with E-state index >= 15 is 4.79 Å². The highest BCUT2D eigenvalue weighted by molar-refractivity contribution is 6.31. The lowest BCUT2D eigenvalue weighted by Crippen LogP contribution is -2.63. The average Bonchev–Trinajstić information content (AvgIpc) is 0.945. The van der Waals surface area contributed by atoms with Gasteiger partial charge in [-0.3, -0.25) is 52.7 Å². The number of carbonyl (C=O) groups excluding carboxylic acids is 11. The van der Waals surface area contributed by atoms with Gasteiger partial charge in [0.1, 0.15) is 42.3 Å². The van der Waals surface area contributed by atoms with Gasteiger partial charge in [-0.15, -0.1) is 0 Å². The number of rotatable bonds is 9. The summed E-state index contributed by atoms with van der Waals surface area (Å²) in [6, 6.07) is 4.40. The number of nitrogens with zero attached hydrogens (tertiary/aromatic N) is 9. The lowest BCUT2D eigenvalue weighted by Gasteiger charge is -2.45. The van der Waals surface area contributed by atoms with E-state index in [1.807, 2.05) is 6.92 Å². The Bertz CT molecular complexity index is 2960. The molecule has 1 unspecified atom stereocenters. The van der Waals surface area contributed by atoms with Crippen molar-refractivity contribution >= 4 is 82.3 Å². The number of hydrogen-bond donors (Lipinski definition) is 2. The SMILES string of the molecule is CCC(C)[C@@H]1NC(=O)[C@H](C)N(C)C(=O)C[C@@H](C)N(C)C(=O)[C@H](C2CCC2)N(C)C(=O)C(C)(C)N(C)C(=O)CN(c2ccccc2)C(=O)[C@H](CCc2ccc(C(F)(F)F)c(Cl)c2)NC(=O)CN(C)C(=O)[C@H](CC2CCCCC2)N(C)C(=O)CN(C)C(=O)CN(C)C1=O. The van der Waals surface area contributed by atoms with Gasteiger partial charge in [0.25, 0.3) is 0 Å². The molecule has 1 heterocycles. The van der Waals surface area contributed by atoms with Crippen LogP contribution in [0.3, 0.4) is 0 Å². The highest BCUT2D eigenvalue weighted by Crippen LogP contribution is 2.37. The molecule has 0 aromatic heterocycles. The smallest absolute Gasteiger partial charge is 0.343 e.